The fourth-order valence-electron chi connectivity index (χ4n) is 5.01. The van der Waals surface area contributed by atoms with Crippen LogP contribution in [-0.2, 0) is 72.6 Å². The number of nitrogens with zero attached hydrogens (tertiary/aromatic N) is 4. The van der Waals surface area contributed by atoms with Crippen LogP contribution in [0.3, 0.4) is 0 Å². The molecule has 2 aromatic heterocycles. The van der Waals surface area contributed by atoms with Crippen LogP contribution in [0.4, 0.5) is 10.2 Å². The quantitative estimate of drug-likeness (QED) is 0.0644. The van der Waals surface area contributed by atoms with Crippen LogP contribution >= 0.6 is 14.5 Å². The number of nitrogens with two attached hydrogens (primary N) is 1. The molecule has 0 spiro atoms. The number of anilines is 1. The third kappa shape index (κ3) is 9.40. The highest BCUT2D eigenvalue weighted by Gasteiger charge is 2.55. The highest BCUT2D eigenvalue weighted by molar-refractivity contribution is 8.08. The molecule has 0 aromatic carbocycles. The number of rotatable bonds is 14. The standard InChI is InChI=1S/C24H32FN5O17P2S/c1-9(32)40-5-13(25)20-18(42-10(2)33)12(4-31)19(43-11(3)34)24(45-20)46-48(37,38)47-49(39,50)41-6-14-16(35)17(36)23(44-14)30-8-29-15-21(26)27-7-28-22(15)30/h4,7-8,12-14,16-20,23-24,35-36H,5-6H2,1-3H3,(H,37,38)(H,39,50)(H2,26,27,28)/t12?,13-,14+,16?,17?,18-,19?,20?,23+,24-,49?/m0/s1. The molecule has 0 saturated carbocycles. The van der Waals surface area contributed by atoms with Gasteiger partial charge in [0.1, 0.15) is 55.3 Å². The molecule has 4 heterocycles. The van der Waals surface area contributed by atoms with Crippen molar-refractivity contribution in [3.63, 3.8) is 0 Å². The number of fused-ring (bicyclic) bond motifs is 1. The van der Waals surface area contributed by atoms with Gasteiger partial charge in [-0.15, -0.1) is 0 Å². The number of carbonyl (C=O) groups excluding carboxylic acids is 4. The van der Waals surface area contributed by atoms with E-state index in [1.54, 1.807) is 0 Å². The first kappa shape index (κ1) is 39.7. The summed E-state index contributed by atoms with van der Waals surface area (Å²) in [5.74, 6) is -4.79. The lowest BCUT2D eigenvalue weighted by Gasteiger charge is -2.44. The Bertz CT molecular complexity index is 1690. The van der Waals surface area contributed by atoms with Crippen LogP contribution in [0, 0.1) is 5.92 Å². The van der Waals surface area contributed by atoms with Gasteiger partial charge in [-0.3, -0.25) is 23.5 Å². The number of alkyl halides is 1. The number of phosphoric acid groups is 1. The molecule has 7 unspecified atom stereocenters. The fourth-order valence-corrected chi connectivity index (χ4v) is 8.10. The molecule has 0 bridgehead atoms. The normalized spacial score (nSPS) is 31.2. The van der Waals surface area contributed by atoms with E-state index in [1.807, 2.05) is 0 Å². The molecule has 0 radical (unpaired) electrons. The Hall–Kier alpha value is -3.12. The van der Waals surface area contributed by atoms with Crippen LogP contribution in [-0.4, -0.2) is 126 Å². The number of halogens is 1. The monoisotopic (exact) mass is 775 g/mol. The number of hydrogen-bond donors (Lipinski definition) is 5. The highest BCUT2D eigenvalue weighted by atomic mass is 32.5. The van der Waals surface area contributed by atoms with E-state index in [1.165, 1.54) is 10.9 Å². The molecule has 2 aliphatic heterocycles. The number of esters is 3. The summed E-state index contributed by atoms with van der Waals surface area (Å²) in [6.07, 6.45) is -14.1. The van der Waals surface area contributed by atoms with Crippen molar-refractivity contribution in [3.8, 4) is 0 Å². The molecule has 278 valence electrons. The van der Waals surface area contributed by atoms with Crippen molar-refractivity contribution < 1.29 is 85.2 Å². The number of nitrogen functional groups attached to an aromatic ring is 1. The Kier molecular flexibility index (Phi) is 12.7. The Morgan fingerprint density at radius 2 is 1.74 bits per heavy atom. The number of phosphoric ester groups is 1. The third-order valence-electron chi connectivity index (χ3n) is 7.05. The lowest BCUT2D eigenvalue weighted by atomic mass is 9.88. The summed E-state index contributed by atoms with van der Waals surface area (Å²) in [4.78, 5) is 80.1. The summed E-state index contributed by atoms with van der Waals surface area (Å²) < 4.78 is 69.9. The highest BCUT2D eigenvalue weighted by Crippen LogP contribution is 2.62. The predicted molar refractivity (Wildman–Crippen MR) is 161 cm³/mol. The Balaban J connectivity index is 1.48. The molecule has 2 fully saturated rings. The molecule has 4 rings (SSSR count). The number of carbonyl (C=O) groups is 4. The second-order valence-electron chi connectivity index (χ2n) is 10.7. The molecule has 26 heteroatoms. The van der Waals surface area contributed by atoms with Gasteiger partial charge in [0, 0.05) is 20.8 Å². The van der Waals surface area contributed by atoms with E-state index >= 15 is 4.39 Å². The topological polar surface area (TPSA) is 310 Å². The summed E-state index contributed by atoms with van der Waals surface area (Å²) in [6.45, 7) is -3.91. The second-order valence-corrected chi connectivity index (χ2v) is 15.1. The van der Waals surface area contributed by atoms with Crippen LogP contribution in [0.2, 0.25) is 0 Å². The number of hydrogen-bond acceptors (Lipinski definition) is 20. The zero-order chi connectivity index (χ0) is 37.1. The number of aliphatic hydroxyl groups is 2. The molecule has 22 nitrogen and oxygen atoms in total. The summed E-state index contributed by atoms with van der Waals surface area (Å²) >= 11 is 4.80. The first-order chi connectivity index (χ1) is 23.3. The van der Waals surface area contributed by atoms with Gasteiger partial charge in [-0.05, 0) is 11.8 Å². The van der Waals surface area contributed by atoms with Crippen LogP contribution in [0.5, 0.6) is 0 Å². The van der Waals surface area contributed by atoms with Gasteiger partial charge in [0.2, 0.25) is 6.29 Å². The maximum absolute atomic E-state index is 15.3. The predicted octanol–water partition coefficient (Wildman–Crippen LogP) is -1.30. The van der Waals surface area contributed by atoms with Crippen molar-refractivity contribution >= 4 is 67.5 Å². The minimum atomic E-state index is -5.68. The van der Waals surface area contributed by atoms with E-state index in [9.17, 15) is 43.7 Å². The van der Waals surface area contributed by atoms with Crippen molar-refractivity contribution in [2.75, 3.05) is 18.9 Å². The number of ether oxygens (including phenoxy) is 5. The zero-order valence-corrected chi connectivity index (χ0v) is 28.7. The zero-order valence-electron chi connectivity index (χ0n) is 26.1. The summed E-state index contributed by atoms with van der Waals surface area (Å²) in [6, 6.07) is 0. The van der Waals surface area contributed by atoms with Gasteiger partial charge in [0.05, 0.1) is 18.9 Å². The maximum atomic E-state index is 15.3. The van der Waals surface area contributed by atoms with E-state index in [4.69, 9.17) is 45.5 Å². The number of aromatic nitrogens is 4. The van der Waals surface area contributed by atoms with Crippen molar-refractivity contribution in [1.29, 1.82) is 0 Å². The minimum Gasteiger partial charge on any atom is -0.463 e. The van der Waals surface area contributed by atoms with Crippen molar-refractivity contribution in [2.45, 2.75) is 76.1 Å². The average Bonchev–Trinajstić information content (AvgIpc) is 3.56. The van der Waals surface area contributed by atoms with Gasteiger partial charge in [-0.1, -0.05) is 0 Å². The van der Waals surface area contributed by atoms with Crippen LogP contribution in [0.25, 0.3) is 11.2 Å². The third-order valence-corrected chi connectivity index (χ3v) is 10.6. The first-order valence-electron chi connectivity index (χ1n) is 14.2. The fraction of sp³-hybridized carbons (Fsp3) is 0.625. The van der Waals surface area contributed by atoms with Crippen LogP contribution in [0.15, 0.2) is 12.7 Å². The lowest BCUT2D eigenvalue weighted by Crippen LogP contribution is -2.60. The molecule has 0 amide bonds. The molecule has 2 aromatic rings. The molecule has 2 saturated heterocycles. The number of aldehydes is 1. The van der Waals surface area contributed by atoms with E-state index < -0.39 is 107 Å². The Labute approximate surface area is 285 Å². The maximum Gasteiger partial charge on any atom is 0.481 e. The van der Waals surface area contributed by atoms with Crippen molar-refractivity contribution in [2.24, 2.45) is 5.92 Å². The van der Waals surface area contributed by atoms with Gasteiger partial charge >= 0.3 is 32.4 Å². The van der Waals surface area contributed by atoms with E-state index in [0.717, 1.165) is 27.1 Å². The van der Waals surface area contributed by atoms with E-state index in [-0.39, 0.29) is 23.3 Å². The van der Waals surface area contributed by atoms with Crippen LogP contribution < -0.4 is 5.73 Å². The Morgan fingerprint density at radius 3 is 2.36 bits per heavy atom. The minimum absolute atomic E-state index is 0.0289. The van der Waals surface area contributed by atoms with E-state index in [0.29, 0.717) is 0 Å². The smallest absolute Gasteiger partial charge is 0.463 e. The summed E-state index contributed by atoms with van der Waals surface area (Å²) in [5.41, 5.74) is 6.09. The van der Waals surface area contributed by atoms with Gasteiger partial charge in [0.15, 0.2) is 30.0 Å². The average molecular weight is 776 g/mol. The molecule has 2 aliphatic rings. The van der Waals surface area contributed by atoms with Crippen molar-refractivity contribution in [1.82, 2.24) is 19.5 Å². The molecular weight excluding hydrogens is 743 g/mol. The van der Waals surface area contributed by atoms with Crippen LogP contribution in [0.1, 0.15) is 27.0 Å². The summed E-state index contributed by atoms with van der Waals surface area (Å²) in [7, 11) is -5.68. The van der Waals surface area contributed by atoms with Gasteiger partial charge in [-0.25, -0.2) is 28.2 Å². The van der Waals surface area contributed by atoms with E-state index in [2.05, 4.69) is 24.0 Å². The molecule has 50 heavy (non-hydrogen) atoms. The van der Waals surface area contributed by atoms with Gasteiger partial charge < -0.3 is 58.7 Å². The molecule has 12 atom stereocenters. The SMILES string of the molecule is CC(=O)OC[C@H](F)C1O[C@@H](OP(=O)(O)OP(O)(=S)OC[C@H]2O[C@@H](n3cnc4c(N)ncnc43)C(O)C2O)C(OC(C)=O)C(C=O)[C@@H]1OC(C)=O. The molecule has 6 N–H and O–H groups in total. The van der Waals surface area contributed by atoms with Crippen molar-refractivity contribution in [3.05, 3.63) is 12.7 Å². The molecule has 0 aliphatic carbocycles. The number of imidazole rings is 1. The lowest BCUT2D eigenvalue weighted by molar-refractivity contribution is -0.276. The molecular formula is C24H32FN5O17P2S. The van der Waals surface area contributed by atoms with Gasteiger partial charge in [0.25, 0.3) is 0 Å². The first-order valence-corrected chi connectivity index (χ1v) is 18.3. The van der Waals surface area contributed by atoms with Gasteiger partial charge in [-0.2, -0.15) is 0 Å². The summed E-state index contributed by atoms with van der Waals surface area (Å²) in [5, 5.41) is 21.2. The Morgan fingerprint density at radius 1 is 1.08 bits per heavy atom. The largest absolute Gasteiger partial charge is 0.481 e. The number of aliphatic hydroxyl groups excluding tert-OH is 2. The second kappa shape index (κ2) is 16.0.